The molecular formula is C16H20N2O. The maximum atomic E-state index is 5.96. The van der Waals surface area contributed by atoms with Crippen LogP contribution in [-0.2, 0) is 13.1 Å². The van der Waals surface area contributed by atoms with Crippen molar-refractivity contribution >= 4 is 5.69 Å². The van der Waals surface area contributed by atoms with Crippen LogP contribution in [-0.4, -0.2) is 19.1 Å². The minimum Gasteiger partial charge on any atom is -0.497 e. The quantitative estimate of drug-likeness (QED) is 0.836. The summed E-state index contributed by atoms with van der Waals surface area (Å²) in [5.41, 5.74) is 9.20. The Bertz CT molecular complexity index is 540. The molecule has 0 amide bonds. The predicted molar refractivity (Wildman–Crippen MR) is 79.0 cm³/mol. The Morgan fingerprint density at radius 3 is 2.58 bits per heavy atom. The number of nitrogen functional groups attached to an aromatic ring is 1. The number of ether oxygens (including phenoxy) is 1. The number of anilines is 1. The summed E-state index contributed by atoms with van der Waals surface area (Å²) in [6.07, 6.45) is 0. The number of nitrogens with two attached hydrogens (primary N) is 1. The fourth-order valence-electron chi connectivity index (χ4n) is 2.11. The molecule has 100 valence electrons. The van der Waals surface area contributed by atoms with E-state index < -0.39 is 0 Å². The number of nitrogens with zero attached hydrogens (tertiary/aromatic N) is 1. The van der Waals surface area contributed by atoms with Crippen LogP contribution in [0.25, 0.3) is 0 Å². The van der Waals surface area contributed by atoms with Crippen LogP contribution >= 0.6 is 0 Å². The third kappa shape index (κ3) is 3.73. The van der Waals surface area contributed by atoms with Gasteiger partial charge >= 0.3 is 0 Å². The molecule has 0 aromatic heterocycles. The average molecular weight is 256 g/mol. The molecule has 0 saturated carbocycles. The van der Waals surface area contributed by atoms with Crippen LogP contribution in [0.15, 0.2) is 48.5 Å². The second kappa shape index (κ2) is 6.25. The molecule has 3 heteroatoms. The van der Waals surface area contributed by atoms with Crippen molar-refractivity contribution in [3.8, 4) is 5.75 Å². The zero-order chi connectivity index (χ0) is 13.7. The van der Waals surface area contributed by atoms with Crippen molar-refractivity contribution in [3.05, 3.63) is 59.7 Å². The van der Waals surface area contributed by atoms with Gasteiger partial charge in [-0.2, -0.15) is 0 Å². The summed E-state index contributed by atoms with van der Waals surface area (Å²) in [6.45, 7) is 1.70. The molecular weight excluding hydrogens is 236 g/mol. The standard InChI is InChI=1S/C16H20N2O/c1-18(12-14-7-3-4-9-16(14)17)11-13-6-5-8-15(10-13)19-2/h3-10H,11-12,17H2,1-2H3. The van der Waals surface area contributed by atoms with E-state index in [4.69, 9.17) is 10.5 Å². The van der Waals surface area contributed by atoms with Crippen LogP contribution in [0, 0.1) is 0 Å². The van der Waals surface area contributed by atoms with Gasteiger partial charge in [-0.05, 0) is 36.4 Å². The second-order valence-corrected chi connectivity index (χ2v) is 4.72. The molecule has 0 aliphatic carbocycles. The normalized spacial score (nSPS) is 10.7. The first-order valence-electron chi connectivity index (χ1n) is 6.34. The van der Waals surface area contributed by atoms with Crippen molar-refractivity contribution in [1.29, 1.82) is 0 Å². The average Bonchev–Trinajstić information content (AvgIpc) is 2.41. The highest BCUT2D eigenvalue weighted by atomic mass is 16.5. The Hall–Kier alpha value is -2.00. The van der Waals surface area contributed by atoms with E-state index in [0.29, 0.717) is 0 Å². The Balaban J connectivity index is 2.01. The Labute approximate surface area is 114 Å². The van der Waals surface area contributed by atoms with E-state index in [1.807, 2.05) is 30.3 Å². The van der Waals surface area contributed by atoms with Gasteiger partial charge in [0.15, 0.2) is 0 Å². The lowest BCUT2D eigenvalue weighted by Gasteiger charge is -2.18. The Morgan fingerprint density at radius 2 is 1.84 bits per heavy atom. The monoisotopic (exact) mass is 256 g/mol. The van der Waals surface area contributed by atoms with Gasteiger partial charge in [0, 0.05) is 18.8 Å². The minimum absolute atomic E-state index is 0.837. The number of rotatable bonds is 5. The number of hydrogen-bond donors (Lipinski definition) is 1. The van der Waals surface area contributed by atoms with Gasteiger partial charge in [0.2, 0.25) is 0 Å². The van der Waals surface area contributed by atoms with Crippen molar-refractivity contribution < 1.29 is 4.74 Å². The summed E-state index contributed by atoms with van der Waals surface area (Å²) in [7, 11) is 3.78. The SMILES string of the molecule is COc1cccc(CN(C)Cc2ccccc2N)c1. The summed E-state index contributed by atoms with van der Waals surface area (Å²) >= 11 is 0. The first-order valence-corrected chi connectivity index (χ1v) is 6.34. The maximum absolute atomic E-state index is 5.96. The highest BCUT2D eigenvalue weighted by molar-refractivity contribution is 5.46. The molecule has 3 nitrogen and oxygen atoms in total. The molecule has 0 atom stereocenters. The van der Waals surface area contributed by atoms with E-state index in [0.717, 1.165) is 30.1 Å². The Morgan fingerprint density at radius 1 is 1.05 bits per heavy atom. The topological polar surface area (TPSA) is 38.5 Å². The van der Waals surface area contributed by atoms with Crippen molar-refractivity contribution in [2.75, 3.05) is 19.9 Å². The summed E-state index contributed by atoms with van der Waals surface area (Å²) in [4.78, 5) is 2.24. The maximum Gasteiger partial charge on any atom is 0.119 e. The van der Waals surface area contributed by atoms with Gasteiger partial charge in [-0.25, -0.2) is 0 Å². The fraction of sp³-hybridized carbons (Fsp3) is 0.250. The van der Waals surface area contributed by atoms with Crippen LogP contribution in [0.3, 0.4) is 0 Å². The first kappa shape index (κ1) is 13.4. The summed E-state index contributed by atoms with van der Waals surface area (Å²) in [5, 5.41) is 0. The minimum atomic E-state index is 0.837. The van der Waals surface area contributed by atoms with E-state index in [2.05, 4.69) is 30.1 Å². The second-order valence-electron chi connectivity index (χ2n) is 4.72. The van der Waals surface area contributed by atoms with E-state index >= 15 is 0 Å². The van der Waals surface area contributed by atoms with E-state index in [1.54, 1.807) is 7.11 Å². The van der Waals surface area contributed by atoms with Crippen LogP contribution in [0.5, 0.6) is 5.75 Å². The van der Waals surface area contributed by atoms with Gasteiger partial charge in [-0.15, -0.1) is 0 Å². The number of benzene rings is 2. The third-order valence-electron chi connectivity index (χ3n) is 3.08. The molecule has 0 aliphatic heterocycles. The molecule has 0 fully saturated rings. The van der Waals surface area contributed by atoms with Crippen molar-refractivity contribution in [3.63, 3.8) is 0 Å². The molecule has 0 unspecified atom stereocenters. The zero-order valence-electron chi connectivity index (χ0n) is 11.5. The van der Waals surface area contributed by atoms with Gasteiger partial charge in [-0.1, -0.05) is 30.3 Å². The van der Waals surface area contributed by atoms with Crippen LogP contribution < -0.4 is 10.5 Å². The van der Waals surface area contributed by atoms with Crippen LogP contribution in [0.1, 0.15) is 11.1 Å². The fourth-order valence-corrected chi connectivity index (χ4v) is 2.11. The molecule has 0 saturated heterocycles. The highest BCUT2D eigenvalue weighted by Crippen LogP contribution is 2.17. The highest BCUT2D eigenvalue weighted by Gasteiger charge is 2.05. The van der Waals surface area contributed by atoms with Crippen molar-refractivity contribution in [2.24, 2.45) is 0 Å². The molecule has 0 bridgehead atoms. The summed E-state index contributed by atoms with van der Waals surface area (Å²) in [6, 6.07) is 16.1. The van der Waals surface area contributed by atoms with Gasteiger partial charge in [0.05, 0.1) is 7.11 Å². The third-order valence-corrected chi connectivity index (χ3v) is 3.08. The predicted octanol–water partition coefficient (Wildman–Crippen LogP) is 2.91. The number of methoxy groups -OCH3 is 1. The number of hydrogen-bond acceptors (Lipinski definition) is 3. The molecule has 0 radical (unpaired) electrons. The molecule has 2 N–H and O–H groups in total. The molecule has 2 aromatic carbocycles. The Kier molecular flexibility index (Phi) is 4.42. The lowest BCUT2D eigenvalue weighted by atomic mass is 10.1. The lowest BCUT2D eigenvalue weighted by Crippen LogP contribution is -2.18. The summed E-state index contributed by atoms with van der Waals surface area (Å²) in [5.74, 6) is 0.894. The van der Waals surface area contributed by atoms with Gasteiger partial charge in [0.25, 0.3) is 0 Å². The molecule has 2 rings (SSSR count). The van der Waals surface area contributed by atoms with Crippen molar-refractivity contribution in [2.45, 2.75) is 13.1 Å². The summed E-state index contributed by atoms with van der Waals surface area (Å²) < 4.78 is 5.24. The van der Waals surface area contributed by atoms with E-state index in [-0.39, 0.29) is 0 Å². The lowest BCUT2D eigenvalue weighted by molar-refractivity contribution is 0.318. The van der Waals surface area contributed by atoms with Gasteiger partial charge < -0.3 is 10.5 Å². The molecule has 19 heavy (non-hydrogen) atoms. The smallest absolute Gasteiger partial charge is 0.119 e. The van der Waals surface area contributed by atoms with Gasteiger partial charge in [-0.3, -0.25) is 4.90 Å². The molecule has 0 heterocycles. The number of para-hydroxylation sites is 1. The zero-order valence-corrected chi connectivity index (χ0v) is 11.5. The van der Waals surface area contributed by atoms with Crippen LogP contribution in [0.4, 0.5) is 5.69 Å². The van der Waals surface area contributed by atoms with Crippen LogP contribution in [0.2, 0.25) is 0 Å². The molecule has 0 spiro atoms. The largest absolute Gasteiger partial charge is 0.497 e. The first-order chi connectivity index (χ1) is 9.19. The molecule has 0 aliphatic rings. The molecule has 2 aromatic rings. The van der Waals surface area contributed by atoms with Gasteiger partial charge in [0.1, 0.15) is 5.75 Å². The van der Waals surface area contributed by atoms with E-state index in [1.165, 1.54) is 5.56 Å². The van der Waals surface area contributed by atoms with E-state index in [9.17, 15) is 0 Å². The van der Waals surface area contributed by atoms with Crippen molar-refractivity contribution in [1.82, 2.24) is 4.90 Å².